The summed E-state index contributed by atoms with van der Waals surface area (Å²) in [5, 5.41) is 13.5. The fraction of sp³-hybridized carbons (Fsp3) is 0.588. The van der Waals surface area contributed by atoms with E-state index in [0.29, 0.717) is 5.25 Å². The van der Waals surface area contributed by atoms with Gasteiger partial charge >= 0.3 is 0 Å². The van der Waals surface area contributed by atoms with Crippen molar-refractivity contribution in [1.82, 2.24) is 5.32 Å². The van der Waals surface area contributed by atoms with Crippen LogP contribution in [0.15, 0.2) is 23.1 Å². The van der Waals surface area contributed by atoms with Gasteiger partial charge in [-0.2, -0.15) is 5.26 Å². The van der Waals surface area contributed by atoms with Crippen molar-refractivity contribution in [2.45, 2.75) is 62.1 Å². The van der Waals surface area contributed by atoms with Gasteiger partial charge in [-0.15, -0.1) is 11.8 Å². The SMILES string of the molecule is CCCNC1(C#N)CCC(Sc2ccc(C)cc2C)C1. The van der Waals surface area contributed by atoms with E-state index < -0.39 is 0 Å². The fourth-order valence-corrected chi connectivity index (χ4v) is 4.23. The van der Waals surface area contributed by atoms with E-state index in [0.717, 1.165) is 32.2 Å². The summed E-state index contributed by atoms with van der Waals surface area (Å²) in [6.07, 6.45) is 4.15. The molecule has 1 fully saturated rings. The molecule has 0 heterocycles. The minimum absolute atomic E-state index is 0.285. The van der Waals surface area contributed by atoms with E-state index in [1.165, 1.54) is 16.0 Å². The van der Waals surface area contributed by atoms with Gasteiger partial charge in [-0.25, -0.2) is 0 Å². The van der Waals surface area contributed by atoms with Crippen molar-refractivity contribution in [3.8, 4) is 6.07 Å². The van der Waals surface area contributed by atoms with Crippen LogP contribution in [0.2, 0.25) is 0 Å². The van der Waals surface area contributed by atoms with Crippen LogP contribution < -0.4 is 5.32 Å². The van der Waals surface area contributed by atoms with Gasteiger partial charge in [0.25, 0.3) is 0 Å². The molecule has 1 N–H and O–H groups in total. The van der Waals surface area contributed by atoms with Gasteiger partial charge < -0.3 is 0 Å². The number of benzene rings is 1. The number of hydrogen-bond acceptors (Lipinski definition) is 3. The highest BCUT2D eigenvalue weighted by Gasteiger charge is 2.39. The summed E-state index contributed by atoms with van der Waals surface area (Å²) in [4.78, 5) is 1.37. The molecule has 0 saturated heterocycles. The van der Waals surface area contributed by atoms with E-state index in [1.54, 1.807) is 0 Å². The lowest BCUT2D eigenvalue weighted by Gasteiger charge is -2.22. The Hall–Kier alpha value is -0.980. The van der Waals surface area contributed by atoms with Crippen LogP contribution in [0.1, 0.15) is 43.7 Å². The molecule has 2 atom stereocenters. The summed E-state index contributed by atoms with van der Waals surface area (Å²) >= 11 is 1.95. The van der Waals surface area contributed by atoms with Crippen molar-refractivity contribution in [2.24, 2.45) is 0 Å². The Balaban J connectivity index is 2.00. The molecule has 0 bridgehead atoms. The summed E-state index contributed by atoms with van der Waals surface area (Å²) in [6.45, 7) is 7.40. The molecular formula is C17H24N2S. The van der Waals surface area contributed by atoms with E-state index in [9.17, 15) is 5.26 Å². The number of rotatable bonds is 5. The maximum atomic E-state index is 9.50. The smallest absolute Gasteiger partial charge is 0.107 e. The normalized spacial score (nSPS) is 25.6. The number of aryl methyl sites for hydroxylation is 2. The molecule has 1 aromatic rings. The van der Waals surface area contributed by atoms with Gasteiger partial charge in [0.2, 0.25) is 0 Å². The molecule has 2 unspecified atom stereocenters. The van der Waals surface area contributed by atoms with Gasteiger partial charge in [0.1, 0.15) is 5.54 Å². The fourth-order valence-electron chi connectivity index (χ4n) is 2.88. The number of thioether (sulfide) groups is 1. The molecule has 2 rings (SSSR count). The van der Waals surface area contributed by atoms with Gasteiger partial charge in [-0.05, 0) is 57.7 Å². The zero-order chi connectivity index (χ0) is 14.6. The summed E-state index contributed by atoms with van der Waals surface area (Å²) < 4.78 is 0. The second kappa shape index (κ2) is 6.65. The van der Waals surface area contributed by atoms with E-state index in [2.05, 4.69) is 50.4 Å². The van der Waals surface area contributed by atoms with Crippen LogP contribution in [0.25, 0.3) is 0 Å². The van der Waals surface area contributed by atoms with Crippen LogP contribution >= 0.6 is 11.8 Å². The predicted molar refractivity (Wildman–Crippen MR) is 86.0 cm³/mol. The lowest BCUT2D eigenvalue weighted by atomic mass is 10.00. The van der Waals surface area contributed by atoms with E-state index >= 15 is 0 Å². The minimum atomic E-state index is -0.285. The Morgan fingerprint density at radius 3 is 2.90 bits per heavy atom. The highest BCUT2D eigenvalue weighted by molar-refractivity contribution is 8.00. The van der Waals surface area contributed by atoms with Crippen molar-refractivity contribution in [3.63, 3.8) is 0 Å². The number of hydrogen-bond donors (Lipinski definition) is 1. The van der Waals surface area contributed by atoms with Crippen LogP contribution in [0.3, 0.4) is 0 Å². The van der Waals surface area contributed by atoms with Crippen molar-refractivity contribution < 1.29 is 0 Å². The first kappa shape index (κ1) is 15.4. The monoisotopic (exact) mass is 288 g/mol. The summed E-state index contributed by atoms with van der Waals surface area (Å²) in [5.74, 6) is 0. The zero-order valence-electron chi connectivity index (χ0n) is 12.7. The van der Waals surface area contributed by atoms with Crippen molar-refractivity contribution in [3.05, 3.63) is 29.3 Å². The first-order chi connectivity index (χ1) is 9.58. The van der Waals surface area contributed by atoms with Gasteiger partial charge in [0.15, 0.2) is 0 Å². The third-order valence-corrected chi connectivity index (χ3v) is 5.47. The Bertz CT molecular complexity index is 506. The highest BCUT2D eigenvalue weighted by Crippen LogP contribution is 2.41. The lowest BCUT2D eigenvalue weighted by Crippen LogP contribution is -2.42. The Morgan fingerprint density at radius 2 is 2.25 bits per heavy atom. The Kier molecular flexibility index (Phi) is 5.12. The third kappa shape index (κ3) is 3.56. The molecule has 0 spiro atoms. The van der Waals surface area contributed by atoms with Gasteiger partial charge in [-0.3, -0.25) is 5.32 Å². The molecule has 1 aromatic carbocycles. The first-order valence-electron chi connectivity index (χ1n) is 7.49. The average Bonchev–Trinajstić information content (AvgIpc) is 2.84. The molecule has 0 aromatic heterocycles. The zero-order valence-corrected chi connectivity index (χ0v) is 13.5. The molecule has 0 aliphatic heterocycles. The standard InChI is InChI=1S/C17H24N2S/c1-4-9-19-17(12-18)8-7-15(11-17)20-16-6-5-13(2)10-14(16)3/h5-6,10,15,19H,4,7-9,11H2,1-3H3. The van der Waals surface area contributed by atoms with E-state index in [1.807, 2.05) is 11.8 Å². The van der Waals surface area contributed by atoms with Crippen LogP contribution in [-0.4, -0.2) is 17.3 Å². The Morgan fingerprint density at radius 1 is 1.45 bits per heavy atom. The predicted octanol–water partition coefficient (Wildman–Crippen LogP) is 4.21. The molecule has 20 heavy (non-hydrogen) atoms. The first-order valence-corrected chi connectivity index (χ1v) is 8.37. The largest absolute Gasteiger partial charge is 0.299 e. The molecular weight excluding hydrogens is 264 g/mol. The van der Waals surface area contributed by atoms with Gasteiger partial charge in [0, 0.05) is 10.1 Å². The van der Waals surface area contributed by atoms with Crippen molar-refractivity contribution >= 4 is 11.8 Å². The summed E-state index contributed by atoms with van der Waals surface area (Å²) in [6, 6.07) is 9.17. The van der Waals surface area contributed by atoms with E-state index in [4.69, 9.17) is 0 Å². The quantitative estimate of drug-likeness (QED) is 0.881. The van der Waals surface area contributed by atoms with Crippen LogP contribution in [0, 0.1) is 25.2 Å². The Labute approximate surface area is 127 Å². The van der Waals surface area contributed by atoms with Crippen LogP contribution in [-0.2, 0) is 0 Å². The molecule has 108 valence electrons. The molecule has 1 aliphatic carbocycles. The summed E-state index contributed by atoms with van der Waals surface area (Å²) in [5.41, 5.74) is 2.38. The van der Waals surface area contributed by atoms with Gasteiger partial charge in [-0.1, -0.05) is 24.6 Å². The van der Waals surface area contributed by atoms with Crippen LogP contribution in [0.4, 0.5) is 0 Å². The third-order valence-electron chi connectivity index (χ3n) is 4.02. The van der Waals surface area contributed by atoms with Crippen LogP contribution in [0.5, 0.6) is 0 Å². The van der Waals surface area contributed by atoms with Crippen molar-refractivity contribution in [2.75, 3.05) is 6.54 Å². The highest BCUT2D eigenvalue weighted by atomic mass is 32.2. The maximum absolute atomic E-state index is 9.50. The lowest BCUT2D eigenvalue weighted by molar-refractivity contribution is 0.424. The number of nitrogens with zero attached hydrogens (tertiary/aromatic N) is 1. The average molecular weight is 288 g/mol. The minimum Gasteiger partial charge on any atom is -0.299 e. The molecule has 2 nitrogen and oxygen atoms in total. The molecule has 3 heteroatoms. The summed E-state index contributed by atoms with van der Waals surface area (Å²) in [7, 11) is 0. The maximum Gasteiger partial charge on any atom is 0.107 e. The molecule has 1 saturated carbocycles. The second-order valence-electron chi connectivity index (χ2n) is 5.87. The second-order valence-corrected chi connectivity index (χ2v) is 7.21. The molecule has 0 amide bonds. The molecule has 0 radical (unpaired) electrons. The number of nitrogens with one attached hydrogen (secondary N) is 1. The van der Waals surface area contributed by atoms with E-state index in [-0.39, 0.29) is 5.54 Å². The molecule has 1 aliphatic rings. The van der Waals surface area contributed by atoms with Crippen molar-refractivity contribution in [1.29, 1.82) is 5.26 Å². The van der Waals surface area contributed by atoms with Gasteiger partial charge in [0.05, 0.1) is 6.07 Å². The topological polar surface area (TPSA) is 35.8 Å². The number of nitriles is 1.